The molecule has 168 valence electrons. The Bertz CT molecular complexity index is 826. The van der Waals surface area contributed by atoms with Gasteiger partial charge in [-0.15, -0.1) is 0 Å². The van der Waals surface area contributed by atoms with Crippen LogP contribution in [0.4, 0.5) is 0 Å². The zero-order valence-electron chi connectivity index (χ0n) is 18.7. The highest BCUT2D eigenvalue weighted by atomic mass is 32.2. The van der Waals surface area contributed by atoms with E-state index in [2.05, 4.69) is 17.1 Å². The minimum absolute atomic E-state index is 0.0729. The molecular formula is C23H37N3O3S. The molecule has 0 aromatic heterocycles. The van der Waals surface area contributed by atoms with Crippen LogP contribution in [-0.4, -0.2) is 62.8 Å². The number of rotatable bonds is 7. The number of benzene rings is 1. The lowest BCUT2D eigenvalue weighted by molar-refractivity contribution is -0.126. The molecule has 2 heterocycles. The van der Waals surface area contributed by atoms with Gasteiger partial charge in [0.15, 0.2) is 0 Å². The number of amides is 1. The molecule has 0 aliphatic carbocycles. The molecule has 0 spiro atoms. The quantitative estimate of drug-likeness (QED) is 0.715. The molecule has 7 heteroatoms. The maximum atomic E-state index is 13.0. The Morgan fingerprint density at radius 1 is 1.07 bits per heavy atom. The fourth-order valence-electron chi connectivity index (χ4n) is 4.45. The average Bonchev–Trinajstić information content (AvgIpc) is 2.74. The van der Waals surface area contributed by atoms with Crippen LogP contribution in [0.15, 0.2) is 23.1 Å². The van der Waals surface area contributed by atoms with Crippen molar-refractivity contribution < 1.29 is 13.2 Å². The molecule has 1 aromatic carbocycles. The summed E-state index contributed by atoms with van der Waals surface area (Å²) in [5.41, 5.74) is 2.06. The Morgan fingerprint density at radius 3 is 2.37 bits per heavy atom. The third-order valence-electron chi connectivity index (χ3n) is 6.58. The summed E-state index contributed by atoms with van der Waals surface area (Å²) in [6.07, 6.45) is 5.05. The molecule has 1 aromatic rings. The van der Waals surface area contributed by atoms with E-state index in [4.69, 9.17) is 0 Å². The first-order valence-electron chi connectivity index (χ1n) is 11.3. The third-order valence-corrected chi connectivity index (χ3v) is 8.48. The van der Waals surface area contributed by atoms with Crippen molar-refractivity contribution in [3.05, 3.63) is 29.3 Å². The summed E-state index contributed by atoms with van der Waals surface area (Å²) in [5, 5.41) is 3.11. The molecule has 6 nitrogen and oxygen atoms in total. The third kappa shape index (κ3) is 5.83. The Morgan fingerprint density at radius 2 is 1.73 bits per heavy atom. The fourth-order valence-corrected chi connectivity index (χ4v) is 6.00. The van der Waals surface area contributed by atoms with Gasteiger partial charge in [-0.25, -0.2) is 8.42 Å². The SMILES string of the molecule is Cc1ccc(S(=O)(=O)N2CCC(C(=O)NC[C@H](C)CN3CCCCC3)CC2)cc1C. The van der Waals surface area contributed by atoms with E-state index in [9.17, 15) is 13.2 Å². The Balaban J connectivity index is 1.46. The van der Waals surface area contributed by atoms with Gasteiger partial charge in [0.2, 0.25) is 15.9 Å². The Hall–Kier alpha value is -1.44. The van der Waals surface area contributed by atoms with Crippen molar-refractivity contribution in [1.29, 1.82) is 0 Å². The lowest BCUT2D eigenvalue weighted by atomic mass is 9.97. The number of carbonyl (C=O) groups is 1. The molecule has 1 amide bonds. The van der Waals surface area contributed by atoms with Gasteiger partial charge in [0.05, 0.1) is 4.90 Å². The van der Waals surface area contributed by atoms with Crippen molar-refractivity contribution in [3.8, 4) is 0 Å². The van der Waals surface area contributed by atoms with E-state index < -0.39 is 10.0 Å². The standard InChI is InChI=1S/C23H37N3O3S/c1-18(17-25-11-5-4-6-12-25)16-24-23(27)21-9-13-26(14-10-21)30(28,29)22-8-7-19(2)20(3)15-22/h7-8,15,18,21H,4-6,9-14,16-17H2,1-3H3,(H,24,27)/t18-/m0/s1. The first-order valence-corrected chi connectivity index (χ1v) is 12.8. The molecule has 30 heavy (non-hydrogen) atoms. The summed E-state index contributed by atoms with van der Waals surface area (Å²) in [5.74, 6) is 0.402. The highest BCUT2D eigenvalue weighted by Crippen LogP contribution is 2.25. The van der Waals surface area contributed by atoms with Crippen LogP contribution in [0, 0.1) is 25.7 Å². The van der Waals surface area contributed by atoms with Gasteiger partial charge in [0, 0.05) is 32.1 Å². The highest BCUT2D eigenvalue weighted by molar-refractivity contribution is 7.89. The van der Waals surface area contributed by atoms with Crippen molar-refractivity contribution >= 4 is 15.9 Å². The molecule has 0 unspecified atom stereocenters. The van der Waals surface area contributed by atoms with Crippen LogP contribution in [0.3, 0.4) is 0 Å². The molecular weight excluding hydrogens is 398 g/mol. The zero-order chi connectivity index (χ0) is 21.7. The van der Waals surface area contributed by atoms with Gasteiger partial charge in [-0.05, 0) is 81.8 Å². The zero-order valence-corrected chi connectivity index (χ0v) is 19.5. The number of nitrogens with one attached hydrogen (secondary N) is 1. The number of sulfonamides is 1. The number of aryl methyl sites for hydroxylation is 2. The van der Waals surface area contributed by atoms with Crippen molar-refractivity contribution in [2.75, 3.05) is 39.3 Å². The van der Waals surface area contributed by atoms with E-state index in [0.717, 1.165) is 17.7 Å². The molecule has 0 bridgehead atoms. The van der Waals surface area contributed by atoms with Gasteiger partial charge in [0.1, 0.15) is 0 Å². The van der Waals surface area contributed by atoms with E-state index in [-0.39, 0.29) is 11.8 Å². The predicted molar refractivity (Wildman–Crippen MR) is 120 cm³/mol. The van der Waals surface area contributed by atoms with E-state index in [1.165, 1.54) is 36.7 Å². The first kappa shape index (κ1) is 23.2. The maximum absolute atomic E-state index is 13.0. The number of hydrogen-bond acceptors (Lipinski definition) is 4. The Labute approximate surface area is 182 Å². The fraction of sp³-hybridized carbons (Fsp3) is 0.696. The summed E-state index contributed by atoms with van der Waals surface area (Å²) < 4.78 is 27.4. The molecule has 3 rings (SSSR count). The van der Waals surface area contributed by atoms with E-state index in [1.54, 1.807) is 12.1 Å². The van der Waals surface area contributed by atoms with Crippen molar-refractivity contribution in [2.45, 2.75) is 57.8 Å². The van der Waals surface area contributed by atoms with Gasteiger partial charge < -0.3 is 10.2 Å². The summed E-state index contributed by atoms with van der Waals surface area (Å²) in [6, 6.07) is 5.28. The van der Waals surface area contributed by atoms with Gasteiger partial charge in [-0.1, -0.05) is 19.4 Å². The normalized spacial score (nSPS) is 20.8. The molecule has 2 aliphatic rings. The van der Waals surface area contributed by atoms with Crippen LogP contribution >= 0.6 is 0 Å². The number of carbonyl (C=O) groups excluding carboxylic acids is 1. The van der Waals surface area contributed by atoms with E-state index in [1.807, 2.05) is 19.9 Å². The minimum Gasteiger partial charge on any atom is -0.356 e. The van der Waals surface area contributed by atoms with Crippen LogP contribution in [0.25, 0.3) is 0 Å². The number of piperidine rings is 2. The summed E-state index contributed by atoms with van der Waals surface area (Å²) in [4.78, 5) is 15.5. The van der Waals surface area contributed by atoms with Crippen molar-refractivity contribution in [3.63, 3.8) is 0 Å². The van der Waals surface area contributed by atoms with Crippen molar-refractivity contribution in [2.24, 2.45) is 11.8 Å². The molecule has 2 fully saturated rings. The van der Waals surface area contributed by atoms with Crippen LogP contribution in [0.2, 0.25) is 0 Å². The van der Waals surface area contributed by atoms with Crippen LogP contribution < -0.4 is 5.32 Å². The molecule has 0 saturated carbocycles. The summed E-state index contributed by atoms with van der Waals surface area (Å²) >= 11 is 0. The second-order valence-electron chi connectivity index (χ2n) is 9.14. The predicted octanol–water partition coefficient (Wildman–Crippen LogP) is 2.94. The maximum Gasteiger partial charge on any atom is 0.243 e. The smallest absolute Gasteiger partial charge is 0.243 e. The largest absolute Gasteiger partial charge is 0.356 e. The lowest BCUT2D eigenvalue weighted by Crippen LogP contribution is -2.44. The average molecular weight is 436 g/mol. The van der Waals surface area contributed by atoms with Crippen LogP contribution in [-0.2, 0) is 14.8 Å². The van der Waals surface area contributed by atoms with Gasteiger partial charge in [-0.3, -0.25) is 4.79 Å². The minimum atomic E-state index is -3.50. The molecule has 1 atom stereocenters. The molecule has 1 N–H and O–H groups in total. The van der Waals surface area contributed by atoms with Gasteiger partial charge in [-0.2, -0.15) is 4.31 Å². The lowest BCUT2D eigenvalue weighted by Gasteiger charge is -2.31. The van der Waals surface area contributed by atoms with Gasteiger partial charge in [0.25, 0.3) is 0 Å². The van der Waals surface area contributed by atoms with Crippen LogP contribution in [0.1, 0.15) is 50.2 Å². The summed E-state index contributed by atoms with van der Waals surface area (Å²) in [7, 11) is -3.50. The van der Waals surface area contributed by atoms with Crippen molar-refractivity contribution in [1.82, 2.24) is 14.5 Å². The monoisotopic (exact) mass is 435 g/mol. The van der Waals surface area contributed by atoms with E-state index in [0.29, 0.717) is 43.3 Å². The Kier molecular flexibility index (Phi) is 7.93. The number of likely N-dealkylation sites (tertiary alicyclic amines) is 1. The molecule has 2 aliphatic heterocycles. The first-order chi connectivity index (χ1) is 14.3. The van der Waals surface area contributed by atoms with E-state index >= 15 is 0 Å². The molecule has 0 radical (unpaired) electrons. The number of hydrogen-bond donors (Lipinski definition) is 1. The van der Waals surface area contributed by atoms with Crippen LogP contribution in [0.5, 0.6) is 0 Å². The summed E-state index contributed by atoms with van der Waals surface area (Å²) in [6.45, 7) is 11.0. The second-order valence-corrected chi connectivity index (χ2v) is 11.1. The number of nitrogens with zero attached hydrogens (tertiary/aromatic N) is 2. The molecule has 2 saturated heterocycles. The van der Waals surface area contributed by atoms with Gasteiger partial charge >= 0.3 is 0 Å². The topological polar surface area (TPSA) is 69.7 Å². The highest BCUT2D eigenvalue weighted by Gasteiger charge is 2.32. The second kappa shape index (κ2) is 10.2.